The average Bonchev–Trinajstić information content (AvgIpc) is 3.63. The van der Waals surface area contributed by atoms with Crippen molar-refractivity contribution in [3.05, 3.63) is 105 Å². The molecule has 0 radical (unpaired) electrons. The zero-order valence-electron chi connectivity index (χ0n) is 21.9. The van der Waals surface area contributed by atoms with Gasteiger partial charge in [-0.15, -0.1) is 0 Å². The van der Waals surface area contributed by atoms with E-state index in [1.807, 2.05) is 30.3 Å². The Kier molecular flexibility index (Phi) is 7.56. The first-order valence-corrected chi connectivity index (χ1v) is 13.8. The van der Waals surface area contributed by atoms with Gasteiger partial charge in [-0.1, -0.05) is 57.9 Å². The van der Waals surface area contributed by atoms with Crippen molar-refractivity contribution >= 4 is 56.5 Å². The van der Waals surface area contributed by atoms with Crippen molar-refractivity contribution in [1.29, 1.82) is 0 Å². The Morgan fingerprint density at radius 1 is 1.00 bits per heavy atom. The molecule has 0 saturated heterocycles. The van der Waals surface area contributed by atoms with Crippen LogP contribution in [0.4, 0.5) is 0 Å². The van der Waals surface area contributed by atoms with Crippen molar-refractivity contribution in [2.24, 2.45) is 5.10 Å². The van der Waals surface area contributed by atoms with E-state index in [4.69, 9.17) is 30.5 Å². The summed E-state index contributed by atoms with van der Waals surface area (Å²) in [6.45, 7) is 0.0960. The van der Waals surface area contributed by atoms with Crippen molar-refractivity contribution in [2.75, 3.05) is 13.9 Å². The lowest BCUT2D eigenvalue weighted by Gasteiger charge is -2.09. The molecule has 5 aromatic rings. The van der Waals surface area contributed by atoms with Gasteiger partial charge < -0.3 is 23.9 Å². The Hall–Kier alpha value is -4.80. The molecule has 42 heavy (non-hydrogen) atoms. The van der Waals surface area contributed by atoms with E-state index in [0.29, 0.717) is 50.0 Å². The third-order valence-electron chi connectivity index (χ3n) is 6.54. The van der Waals surface area contributed by atoms with Gasteiger partial charge in [-0.05, 0) is 48.5 Å². The number of aromatic amines is 1. The van der Waals surface area contributed by atoms with Crippen LogP contribution >= 0.6 is 27.5 Å². The molecule has 2 heterocycles. The number of fused-ring (bicyclic) bond motifs is 2. The van der Waals surface area contributed by atoms with E-state index in [9.17, 15) is 9.59 Å². The first-order valence-electron chi connectivity index (χ1n) is 12.6. The van der Waals surface area contributed by atoms with Crippen LogP contribution in [0.5, 0.6) is 23.0 Å². The summed E-state index contributed by atoms with van der Waals surface area (Å²) in [7, 11) is 1.56. The summed E-state index contributed by atoms with van der Waals surface area (Å²) in [6, 6.07) is 22.7. The zero-order chi connectivity index (χ0) is 29.2. The molecule has 0 saturated carbocycles. The molecular weight excluding hydrogens is 626 g/mol. The smallest absolute Gasteiger partial charge is 0.343 e. The molecular formula is C31H21BrClN3O6. The standard InChI is InChI=1S/C31H21BrClN3O6/c1-39-25-8-4-6-21-27(20-5-2-3-7-22(20)33)29(35-28(21)25)30(37)36-34-15-18-13-19(32)10-12-23(18)42-31(38)17-9-11-24-26(14-17)41-16-40-24/h2-15,35H,16H2,1H3,(H,36,37). The summed E-state index contributed by atoms with van der Waals surface area (Å²) in [4.78, 5) is 29.5. The largest absolute Gasteiger partial charge is 0.495 e. The predicted octanol–water partition coefficient (Wildman–Crippen LogP) is 6.97. The van der Waals surface area contributed by atoms with Crippen molar-refractivity contribution in [3.8, 4) is 34.1 Å². The Labute approximate surface area is 253 Å². The summed E-state index contributed by atoms with van der Waals surface area (Å²) in [5, 5.41) is 5.41. The molecule has 1 aliphatic heterocycles. The van der Waals surface area contributed by atoms with Gasteiger partial charge in [0.1, 0.15) is 17.2 Å². The minimum atomic E-state index is -0.592. The zero-order valence-corrected chi connectivity index (χ0v) is 24.3. The van der Waals surface area contributed by atoms with Crippen molar-refractivity contribution in [3.63, 3.8) is 0 Å². The van der Waals surface area contributed by atoms with E-state index in [2.05, 4.69) is 31.4 Å². The van der Waals surface area contributed by atoms with E-state index in [-0.39, 0.29) is 18.2 Å². The second kappa shape index (κ2) is 11.6. The molecule has 11 heteroatoms. The lowest BCUT2D eigenvalue weighted by molar-refractivity contribution is 0.0733. The number of esters is 1. The Morgan fingerprint density at radius 2 is 1.83 bits per heavy atom. The Bertz CT molecular complexity index is 1890. The third kappa shape index (κ3) is 5.29. The summed E-state index contributed by atoms with van der Waals surface area (Å²) < 4.78 is 22.5. The minimum Gasteiger partial charge on any atom is -0.495 e. The molecule has 210 valence electrons. The normalized spacial score (nSPS) is 12.1. The summed E-state index contributed by atoms with van der Waals surface area (Å²) in [5.41, 5.74) is 5.50. The van der Waals surface area contributed by atoms with Gasteiger partial charge in [0.25, 0.3) is 5.91 Å². The highest BCUT2D eigenvalue weighted by Crippen LogP contribution is 2.39. The molecule has 0 spiro atoms. The highest BCUT2D eigenvalue weighted by Gasteiger charge is 2.23. The maximum Gasteiger partial charge on any atom is 0.343 e. The van der Waals surface area contributed by atoms with Gasteiger partial charge in [-0.3, -0.25) is 4.79 Å². The Morgan fingerprint density at radius 3 is 2.67 bits per heavy atom. The summed E-state index contributed by atoms with van der Waals surface area (Å²) in [6.07, 6.45) is 1.39. The molecule has 0 atom stereocenters. The van der Waals surface area contributed by atoms with Gasteiger partial charge in [-0.2, -0.15) is 5.10 Å². The number of hydrogen-bond acceptors (Lipinski definition) is 7. The first-order chi connectivity index (χ1) is 20.4. The monoisotopic (exact) mass is 645 g/mol. The second-order valence-electron chi connectivity index (χ2n) is 9.08. The molecule has 0 aliphatic carbocycles. The van der Waals surface area contributed by atoms with E-state index >= 15 is 0 Å². The van der Waals surface area contributed by atoms with E-state index < -0.39 is 11.9 Å². The van der Waals surface area contributed by atoms with Gasteiger partial charge in [0.05, 0.1) is 24.4 Å². The SMILES string of the molecule is COc1cccc2c(-c3ccccc3Cl)c(C(=O)NN=Cc3cc(Br)ccc3OC(=O)c3ccc4c(c3)OCO4)[nH]c12. The van der Waals surface area contributed by atoms with E-state index in [1.54, 1.807) is 55.6 Å². The number of para-hydroxylation sites is 1. The molecule has 2 N–H and O–H groups in total. The second-order valence-corrected chi connectivity index (χ2v) is 10.4. The minimum absolute atomic E-state index is 0.0960. The summed E-state index contributed by atoms with van der Waals surface area (Å²) >= 11 is 9.96. The van der Waals surface area contributed by atoms with Crippen LogP contribution in [0.2, 0.25) is 5.02 Å². The van der Waals surface area contributed by atoms with Crippen LogP contribution in [0, 0.1) is 0 Å². The van der Waals surface area contributed by atoms with Crippen LogP contribution in [-0.4, -0.2) is 37.0 Å². The number of amides is 1. The molecule has 1 amide bonds. The van der Waals surface area contributed by atoms with Crippen molar-refractivity contribution < 1.29 is 28.5 Å². The average molecular weight is 647 g/mol. The molecule has 4 aromatic carbocycles. The summed E-state index contributed by atoms with van der Waals surface area (Å²) in [5.74, 6) is 0.747. The van der Waals surface area contributed by atoms with E-state index in [1.165, 1.54) is 6.21 Å². The first kappa shape index (κ1) is 27.4. The van der Waals surface area contributed by atoms with Crippen LogP contribution < -0.4 is 24.4 Å². The fraction of sp³-hybridized carbons (Fsp3) is 0.0645. The van der Waals surface area contributed by atoms with Gasteiger partial charge in [0.15, 0.2) is 11.5 Å². The maximum absolute atomic E-state index is 13.5. The van der Waals surface area contributed by atoms with Gasteiger partial charge in [0.2, 0.25) is 6.79 Å². The Balaban J connectivity index is 1.28. The highest BCUT2D eigenvalue weighted by atomic mass is 79.9. The third-order valence-corrected chi connectivity index (χ3v) is 7.36. The maximum atomic E-state index is 13.5. The van der Waals surface area contributed by atoms with E-state index in [0.717, 1.165) is 9.86 Å². The predicted molar refractivity (Wildman–Crippen MR) is 162 cm³/mol. The molecule has 1 aliphatic rings. The fourth-order valence-electron chi connectivity index (χ4n) is 4.59. The lowest BCUT2D eigenvalue weighted by atomic mass is 10.0. The number of carbonyl (C=O) groups excluding carboxylic acids is 2. The van der Waals surface area contributed by atoms with Crippen LogP contribution in [0.15, 0.2) is 88.4 Å². The molecule has 9 nitrogen and oxygen atoms in total. The number of hydrogen-bond donors (Lipinski definition) is 2. The fourth-order valence-corrected chi connectivity index (χ4v) is 5.20. The van der Waals surface area contributed by atoms with Gasteiger partial charge in [0, 0.05) is 31.6 Å². The van der Waals surface area contributed by atoms with Gasteiger partial charge >= 0.3 is 5.97 Å². The number of hydrazone groups is 1. The number of carbonyl (C=O) groups is 2. The molecule has 0 bridgehead atoms. The number of nitrogens with one attached hydrogen (secondary N) is 2. The molecule has 6 rings (SSSR count). The number of H-pyrrole nitrogens is 1. The number of ether oxygens (including phenoxy) is 4. The van der Waals surface area contributed by atoms with Crippen LogP contribution in [0.25, 0.3) is 22.0 Å². The van der Waals surface area contributed by atoms with Crippen molar-refractivity contribution in [2.45, 2.75) is 0 Å². The molecule has 1 aromatic heterocycles. The number of halogens is 2. The van der Waals surface area contributed by atoms with Crippen LogP contribution in [0.3, 0.4) is 0 Å². The van der Waals surface area contributed by atoms with Crippen LogP contribution in [-0.2, 0) is 0 Å². The number of aromatic nitrogens is 1. The van der Waals surface area contributed by atoms with Crippen molar-refractivity contribution in [1.82, 2.24) is 10.4 Å². The number of methoxy groups -OCH3 is 1. The quantitative estimate of drug-likeness (QED) is 0.0855. The number of nitrogens with zero attached hydrogens (tertiary/aromatic N) is 1. The lowest BCUT2D eigenvalue weighted by Crippen LogP contribution is -2.19. The highest BCUT2D eigenvalue weighted by molar-refractivity contribution is 9.10. The van der Waals surface area contributed by atoms with Crippen LogP contribution in [0.1, 0.15) is 26.4 Å². The number of benzene rings is 4. The number of rotatable bonds is 7. The topological polar surface area (TPSA) is 111 Å². The van der Waals surface area contributed by atoms with Gasteiger partial charge in [-0.25, -0.2) is 10.2 Å². The molecule has 0 fully saturated rings. The molecule has 0 unspecified atom stereocenters.